The second-order valence-corrected chi connectivity index (χ2v) is 13.5. The zero-order valence-corrected chi connectivity index (χ0v) is 26.3. The highest BCUT2D eigenvalue weighted by Gasteiger charge is 2.56. The average molecular weight is 607 g/mol. The van der Waals surface area contributed by atoms with Crippen LogP contribution in [0, 0.1) is 0 Å². The number of hydrogen-bond donors (Lipinski definition) is 1. The molecule has 240 valence electrons. The molecule has 0 saturated carbocycles. The summed E-state index contributed by atoms with van der Waals surface area (Å²) in [5.74, 6) is -0.837. The molecule has 11 nitrogen and oxygen atoms in total. The highest BCUT2D eigenvalue weighted by molar-refractivity contribution is 7.87. The summed E-state index contributed by atoms with van der Waals surface area (Å²) in [4.78, 5) is 12.4. The van der Waals surface area contributed by atoms with Crippen molar-refractivity contribution < 1.29 is 41.6 Å². The summed E-state index contributed by atoms with van der Waals surface area (Å²) in [6.07, 6.45) is 12.5. The van der Waals surface area contributed by atoms with Crippen LogP contribution in [0.5, 0.6) is 0 Å². The van der Waals surface area contributed by atoms with Crippen LogP contribution < -0.4 is 4.72 Å². The van der Waals surface area contributed by atoms with Crippen LogP contribution in [-0.2, 0) is 38.6 Å². The van der Waals surface area contributed by atoms with Crippen molar-refractivity contribution in [1.82, 2.24) is 9.03 Å². The topological polar surface area (TPSA) is 122 Å². The van der Waals surface area contributed by atoms with Crippen LogP contribution in [0.25, 0.3) is 0 Å². The van der Waals surface area contributed by atoms with Gasteiger partial charge in [-0.15, -0.1) is 0 Å². The Morgan fingerprint density at radius 2 is 1.46 bits per heavy atom. The minimum Gasteiger partial charge on any atom is -0.446 e. The van der Waals surface area contributed by atoms with Gasteiger partial charge < -0.3 is 28.4 Å². The first kappa shape index (κ1) is 34.5. The quantitative estimate of drug-likeness (QED) is 0.202. The number of carbonyl (C=O) groups is 1. The standard InChI is InChI=1S/C29H54N2O9S/c1-4-5-6-7-8-9-10-13-16-20-35-21-17-22-36-27-26-25(39-29(2,3)40-26)24(38-27)23-37-28(32)30-41(33,34)31-18-14-11-12-15-19-31/h24-27H,4-23H2,1-3H3,(H,30,32)/t24-,25+,26+,27-/m1/s1. The Bertz CT molecular complexity index is 849. The largest absolute Gasteiger partial charge is 0.446 e. The van der Waals surface area contributed by atoms with E-state index in [0.29, 0.717) is 26.3 Å². The Morgan fingerprint density at radius 3 is 2.15 bits per heavy atom. The van der Waals surface area contributed by atoms with Gasteiger partial charge in [-0.2, -0.15) is 12.7 Å². The number of rotatable bonds is 19. The van der Waals surface area contributed by atoms with Gasteiger partial charge in [0.1, 0.15) is 24.9 Å². The van der Waals surface area contributed by atoms with Gasteiger partial charge in [-0.3, -0.25) is 0 Å². The lowest BCUT2D eigenvalue weighted by Crippen LogP contribution is -2.45. The van der Waals surface area contributed by atoms with Gasteiger partial charge >= 0.3 is 16.3 Å². The summed E-state index contributed by atoms with van der Waals surface area (Å²) in [6.45, 7) is 8.25. The number of ether oxygens (including phenoxy) is 6. The van der Waals surface area contributed by atoms with Crippen LogP contribution in [0.3, 0.4) is 0 Å². The first-order valence-electron chi connectivity index (χ1n) is 15.9. The summed E-state index contributed by atoms with van der Waals surface area (Å²) >= 11 is 0. The number of fused-ring (bicyclic) bond motifs is 1. The molecule has 0 spiro atoms. The highest BCUT2D eigenvalue weighted by atomic mass is 32.2. The van der Waals surface area contributed by atoms with Crippen molar-refractivity contribution in [3.8, 4) is 0 Å². The lowest BCUT2D eigenvalue weighted by molar-refractivity contribution is -0.236. The number of unbranched alkanes of at least 4 members (excludes halogenated alkanes) is 8. The van der Waals surface area contributed by atoms with Crippen molar-refractivity contribution >= 4 is 16.3 Å². The Kier molecular flexibility index (Phi) is 15.1. The summed E-state index contributed by atoms with van der Waals surface area (Å²) in [5.41, 5.74) is 0. The lowest BCUT2D eigenvalue weighted by Gasteiger charge is -2.24. The van der Waals surface area contributed by atoms with Crippen LogP contribution in [0.15, 0.2) is 0 Å². The zero-order valence-electron chi connectivity index (χ0n) is 25.5. The third-order valence-corrected chi connectivity index (χ3v) is 9.18. The van der Waals surface area contributed by atoms with Gasteiger partial charge in [0.15, 0.2) is 12.1 Å². The minimum atomic E-state index is -3.96. The fourth-order valence-corrected chi connectivity index (χ4v) is 6.66. The molecule has 0 unspecified atom stereocenters. The van der Waals surface area contributed by atoms with Crippen molar-refractivity contribution in [2.24, 2.45) is 0 Å². The second-order valence-electron chi connectivity index (χ2n) is 11.8. The van der Waals surface area contributed by atoms with E-state index in [-0.39, 0.29) is 6.61 Å². The van der Waals surface area contributed by atoms with Crippen molar-refractivity contribution in [2.45, 2.75) is 141 Å². The van der Waals surface area contributed by atoms with Crippen LogP contribution in [0.4, 0.5) is 4.79 Å². The third kappa shape index (κ3) is 12.2. The molecule has 3 heterocycles. The van der Waals surface area contributed by atoms with Gasteiger partial charge in [-0.25, -0.2) is 9.52 Å². The Morgan fingerprint density at radius 1 is 0.854 bits per heavy atom. The fourth-order valence-electron chi connectivity index (χ4n) is 5.53. The molecule has 0 bridgehead atoms. The predicted octanol–water partition coefficient (Wildman–Crippen LogP) is 5.03. The normalized spacial score (nSPS) is 26.5. The van der Waals surface area contributed by atoms with Crippen molar-refractivity contribution in [2.75, 3.05) is 39.5 Å². The fraction of sp³-hybridized carbons (Fsp3) is 0.966. The molecule has 0 aromatic heterocycles. The Balaban J connectivity index is 1.30. The van der Waals surface area contributed by atoms with Crippen LogP contribution >= 0.6 is 0 Å². The highest BCUT2D eigenvalue weighted by Crippen LogP contribution is 2.39. The van der Waals surface area contributed by atoms with Gasteiger partial charge in [0.2, 0.25) is 0 Å². The third-order valence-electron chi connectivity index (χ3n) is 7.71. The SMILES string of the molecule is CCCCCCCCCCCOCCCO[C@@H]1O[C@H](COC(=O)NS(=O)(=O)N2CCCCCC2)[C@@H]2OC(C)(C)O[C@H]12. The summed E-state index contributed by atoms with van der Waals surface area (Å²) < 4.78 is 63.4. The van der Waals surface area contributed by atoms with Crippen molar-refractivity contribution in [3.63, 3.8) is 0 Å². The molecule has 1 N–H and O–H groups in total. The van der Waals surface area contributed by atoms with E-state index in [4.69, 9.17) is 28.4 Å². The van der Waals surface area contributed by atoms with Crippen LogP contribution in [0.2, 0.25) is 0 Å². The molecule has 0 aromatic carbocycles. The maximum atomic E-state index is 12.6. The van der Waals surface area contributed by atoms with Crippen LogP contribution in [0.1, 0.15) is 111 Å². The van der Waals surface area contributed by atoms with Gasteiger partial charge in [0.25, 0.3) is 0 Å². The lowest BCUT2D eigenvalue weighted by atomic mass is 10.1. The smallest absolute Gasteiger partial charge is 0.422 e. The Hall–Kier alpha value is -1.02. The minimum absolute atomic E-state index is 0.191. The monoisotopic (exact) mass is 606 g/mol. The summed E-state index contributed by atoms with van der Waals surface area (Å²) in [5, 5.41) is 0. The maximum absolute atomic E-state index is 12.6. The summed E-state index contributed by atoms with van der Waals surface area (Å²) in [6, 6.07) is 0. The van der Waals surface area contributed by atoms with E-state index in [2.05, 4.69) is 6.92 Å². The number of amides is 1. The molecule has 3 aliphatic rings. The van der Waals surface area contributed by atoms with E-state index in [1.807, 2.05) is 4.72 Å². The molecule has 0 aromatic rings. The number of nitrogens with one attached hydrogen (secondary N) is 1. The molecular weight excluding hydrogens is 552 g/mol. The first-order valence-corrected chi connectivity index (χ1v) is 17.3. The molecule has 3 rings (SSSR count). The first-order chi connectivity index (χ1) is 19.7. The molecule has 3 fully saturated rings. The molecule has 41 heavy (non-hydrogen) atoms. The molecular formula is C29H54N2O9S. The van der Waals surface area contributed by atoms with Gasteiger partial charge in [-0.1, -0.05) is 71.1 Å². The maximum Gasteiger partial charge on any atom is 0.422 e. The Labute approximate surface area is 247 Å². The van der Waals surface area contributed by atoms with E-state index in [9.17, 15) is 13.2 Å². The molecule has 1 amide bonds. The van der Waals surface area contributed by atoms with E-state index >= 15 is 0 Å². The molecule has 12 heteroatoms. The average Bonchev–Trinajstić information content (AvgIpc) is 3.24. The number of hydrogen-bond acceptors (Lipinski definition) is 9. The number of nitrogens with zero attached hydrogens (tertiary/aromatic N) is 1. The van der Waals surface area contributed by atoms with E-state index < -0.39 is 46.7 Å². The van der Waals surface area contributed by atoms with Crippen molar-refractivity contribution in [3.05, 3.63) is 0 Å². The summed E-state index contributed by atoms with van der Waals surface area (Å²) in [7, 11) is -3.96. The van der Waals surface area contributed by atoms with Gasteiger partial charge in [-0.05, 0) is 39.5 Å². The van der Waals surface area contributed by atoms with Gasteiger partial charge in [0.05, 0.1) is 6.61 Å². The molecule has 3 aliphatic heterocycles. The number of carbonyl (C=O) groups excluding carboxylic acids is 1. The predicted molar refractivity (Wildman–Crippen MR) is 155 cm³/mol. The van der Waals surface area contributed by atoms with E-state index in [1.54, 1.807) is 13.8 Å². The molecule has 3 saturated heterocycles. The van der Waals surface area contributed by atoms with Crippen LogP contribution in [-0.4, -0.2) is 88.7 Å². The van der Waals surface area contributed by atoms with E-state index in [0.717, 1.165) is 45.1 Å². The molecule has 0 radical (unpaired) electrons. The molecule has 0 aliphatic carbocycles. The zero-order chi connectivity index (χ0) is 29.6. The second kappa shape index (κ2) is 17.9. The van der Waals surface area contributed by atoms with E-state index in [1.165, 1.54) is 55.7 Å². The van der Waals surface area contributed by atoms with Gasteiger partial charge in [0, 0.05) is 26.3 Å². The van der Waals surface area contributed by atoms with Crippen molar-refractivity contribution in [1.29, 1.82) is 0 Å². The molecule has 4 atom stereocenters.